The van der Waals surface area contributed by atoms with E-state index in [1.54, 1.807) is 17.0 Å². The van der Waals surface area contributed by atoms with Crippen molar-refractivity contribution in [3.8, 4) is 0 Å². The van der Waals surface area contributed by atoms with Gasteiger partial charge >= 0.3 is 0 Å². The van der Waals surface area contributed by atoms with E-state index in [1.807, 2.05) is 87.5 Å². The molecule has 2 amide bonds. The molecule has 0 aliphatic heterocycles. The molecule has 0 radical (unpaired) electrons. The molecule has 1 N–H and O–H groups in total. The van der Waals surface area contributed by atoms with E-state index in [9.17, 15) is 18.0 Å². The summed E-state index contributed by atoms with van der Waals surface area (Å²) in [5.41, 5.74) is 4.41. The standard InChI is InChI=1S/C31H39N3O4S/c1-5-32-31(36)29(22-26-15-7-6-8-16-26)33(23-27-17-11-13-24(2)21-27)30(35)19-12-20-34(39(4,37)38)28-18-10-9-14-25(28)3/h6-11,13-18,21,29H,5,12,19-20,22-23H2,1-4H3,(H,32,36)/t29-/m0/s1. The summed E-state index contributed by atoms with van der Waals surface area (Å²) in [5, 5.41) is 2.90. The van der Waals surface area contributed by atoms with Crippen LogP contribution >= 0.6 is 0 Å². The topological polar surface area (TPSA) is 86.8 Å². The van der Waals surface area contributed by atoms with Crippen LogP contribution in [0, 0.1) is 13.8 Å². The minimum Gasteiger partial charge on any atom is -0.355 e. The van der Waals surface area contributed by atoms with Crippen molar-refractivity contribution in [1.29, 1.82) is 0 Å². The number of carbonyl (C=O) groups is 2. The Morgan fingerprint density at radius 1 is 0.897 bits per heavy atom. The highest BCUT2D eigenvalue weighted by Crippen LogP contribution is 2.23. The second-order valence-corrected chi connectivity index (χ2v) is 11.7. The molecule has 0 saturated heterocycles. The number of para-hydroxylation sites is 1. The molecule has 0 aliphatic carbocycles. The Morgan fingerprint density at radius 2 is 1.56 bits per heavy atom. The maximum absolute atomic E-state index is 13.8. The summed E-state index contributed by atoms with van der Waals surface area (Å²) in [4.78, 5) is 28.7. The largest absolute Gasteiger partial charge is 0.355 e. The second kappa shape index (κ2) is 13.9. The molecule has 3 aromatic carbocycles. The molecular formula is C31H39N3O4S. The predicted octanol–water partition coefficient (Wildman–Crippen LogP) is 4.63. The minimum absolute atomic E-state index is 0.106. The predicted molar refractivity (Wildman–Crippen MR) is 157 cm³/mol. The Hall–Kier alpha value is -3.65. The summed E-state index contributed by atoms with van der Waals surface area (Å²) in [6.45, 7) is 6.61. The molecule has 0 aliphatic rings. The van der Waals surface area contributed by atoms with Crippen LogP contribution in [0.2, 0.25) is 0 Å². The van der Waals surface area contributed by atoms with Crippen molar-refractivity contribution in [3.05, 3.63) is 101 Å². The third-order valence-corrected chi connectivity index (χ3v) is 7.77. The van der Waals surface area contributed by atoms with Crippen molar-refractivity contribution in [3.63, 3.8) is 0 Å². The first-order chi connectivity index (χ1) is 18.6. The molecule has 208 valence electrons. The van der Waals surface area contributed by atoms with Crippen LogP contribution in [0.25, 0.3) is 0 Å². The summed E-state index contributed by atoms with van der Waals surface area (Å²) in [5.74, 6) is -0.401. The monoisotopic (exact) mass is 549 g/mol. The van der Waals surface area contributed by atoms with E-state index in [0.29, 0.717) is 25.1 Å². The number of rotatable bonds is 13. The number of hydrogen-bond donors (Lipinski definition) is 1. The molecule has 39 heavy (non-hydrogen) atoms. The highest BCUT2D eigenvalue weighted by molar-refractivity contribution is 7.92. The molecule has 3 rings (SSSR count). The maximum Gasteiger partial charge on any atom is 0.243 e. The molecular weight excluding hydrogens is 510 g/mol. The van der Waals surface area contributed by atoms with Crippen LogP contribution in [0.5, 0.6) is 0 Å². The molecule has 0 saturated carbocycles. The first-order valence-electron chi connectivity index (χ1n) is 13.3. The van der Waals surface area contributed by atoms with Gasteiger partial charge in [-0.1, -0.05) is 78.4 Å². The summed E-state index contributed by atoms with van der Waals surface area (Å²) < 4.78 is 26.6. The summed E-state index contributed by atoms with van der Waals surface area (Å²) >= 11 is 0. The molecule has 0 heterocycles. The summed E-state index contributed by atoms with van der Waals surface area (Å²) in [6, 6.07) is 24.2. The van der Waals surface area contributed by atoms with E-state index < -0.39 is 16.1 Å². The average Bonchev–Trinajstić information content (AvgIpc) is 2.89. The van der Waals surface area contributed by atoms with Gasteiger partial charge in [-0.05, 0) is 49.9 Å². The molecule has 0 fully saturated rings. The number of aryl methyl sites for hydroxylation is 2. The van der Waals surface area contributed by atoms with E-state index in [2.05, 4.69) is 5.32 Å². The van der Waals surface area contributed by atoms with E-state index in [1.165, 1.54) is 10.6 Å². The fourth-order valence-electron chi connectivity index (χ4n) is 4.68. The van der Waals surface area contributed by atoms with Gasteiger partial charge in [-0.25, -0.2) is 8.42 Å². The molecule has 3 aromatic rings. The van der Waals surface area contributed by atoms with E-state index in [4.69, 9.17) is 0 Å². The quantitative estimate of drug-likeness (QED) is 0.337. The van der Waals surface area contributed by atoms with Crippen molar-refractivity contribution < 1.29 is 18.0 Å². The van der Waals surface area contributed by atoms with Crippen LogP contribution in [0.4, 0.5) is 5.69 Å². The molecule has 0 aromatic heterocycles. The van der Waals surface area contributed by atoms with Crippen LogP contribution in [-0.2, 0) is 32.6 Å². The minimum atomic E-state index is -3.55. The lowest BCUT2D eigenvalue weighted by molar-refractivity contribution is -0.141. The Bertz CT molecular complexity index is 1360. The number of anilines is 1. The number of nitrogens with zero attached hydrogens (tertiary/aromatic N) is 2. The Balaban J connectivity index is 1.87. The number of benzene rings is 3. The van der Waals surface area contributed by atoms with Gasteiger partial charge in [0.25, 0.3) is 0 Å². The van der Waals surface area contributed by atoms with Crippen molar-refractivity contribution >= 4 is 27.5 Å². The average molecular weight is 550 g/mol. The van der Waals surface area contributed by atoms with Crippen LogP contribution < -0.4 is 9.62 Å². The number of hydrogen-bond acceptors (Lipinski definition) is 4. The Labute approximate surface area is 232 Å². The molecule has 0 bridgehead atoms. The molecule has 7 nitrogen and oxygen atoms in total. The number of carbonyl (C=O) groups excluding carboxylic acids is 2. The lowest BCUT2D eigenvalue weighted by Crippen LogP contribution is -2.50. The van der Waals surface area contributed by atoms with Gasteiger partial charge in [-0.2, -0.15) is 0 Å². The van der Waals surface area contributed by atoms with Gasteiger partial charge in [0.05, 0.1) is 11.9 Å². The van der Waals surface area contributed by atoms with Crippen molar-refractivity contribution in [2.45, 2.75) is 52.6 Å². The van der Waals surface area contributed by atoms with Gasteiger partial charge in [0.2, 0.25) is 21.8 Å². The second-order valence-electron chi connectivity index (χ2n) is 9.84. The SMILES string of the molecule is CCNC(=O)[C@H](Cc1ccccc1)N(Cc1cccc(C)c1)C(=O)CCCN(c1ccccc1C)S(C)(=O)=O. The number of amides is 2. The van der Waals surface area contributed by atoms with Gasteiger partial charge in [-0.3, -0.25) is 13.9 Å². The lowest BCUT2D eigenvalue weighted by Gasteiger charge is -2.32. The zero-order valence-corrected chi connectivity index (χ0v) is 24.1. The number of sulfonamides is 1. The third kappa shape index (κ3) is 8.68. The van der Waals surface area contributed by atoms with E-state index in [-0.39, 0.29) is 31.3 Å². The first kappa shape index (κ1) is 29.9. The third-order valence-electron chi connectivity index (χ3n) is 6.59. The van der Waals surface area contributed by atoms with Gasteiger partial charge < -0.3 is 10.2 Å². The smallest absolute Gasteiger partial charge is 0.243 e. The van der Waals surface area contributed by atoms with Crippen LogP contribution in [-0.4, -0.2) is 50.5 Å². The maximum atomic E-state index is 13.8. The summed E-state index contributed by atoms with van der Waals surface area (Å²) in [7, 11) is -3.55. The van der Waals surface area contributed by atoms with Crippen LogP contribution in [0.1, 0.15) is 42.0 Å². The lowest BCUT2D eigenvalue weighted by atomic mass is 10.0. The van der Waals surface area contributed by atoms with Crippen molar-refractivity contribution in [2.24, 2.45) is 0 Å². The molecule has 8 heteroatoms. The zero-order chi connectivity index (χ0) is 28.4. The number of likely N-dealkylation sites (N-methyl/N-ethyl adjacent to an activating group) is 1. The van der Waals surface area contributed by atoms with E-state index in [0.717, 1.165) is 22.3 Å². The first-order valence-corrected chi connectivity index (χ1v) is 15.1. The Morgan fingerprint density at radius 3 is 2.21 bits per heavy atom. The number of nitrogens with one attached hydrogen (secondary N) is 1. The molecule has 0 unspecified atom stereocenters. The summed E-state index contributed by atoms with van der Waals surface area (Å²) in [6.07, 6.45) is 1.98. The van der Waals surface area contributed by atoms with Crippen molar-refractivity contribution in [2.75, 3.05) is 23.7 Å². The van der Waals surface area contributed by atoms with E-state index >= 15 is 0 Å². The van der Waals surface area contributed by atoms with Crippen LogP contribution in [0.3, 0.4) is 0 Å². The van der Waals surface area contributed by atoms with Crippen molar-refractivity contribution in [1.82, 2.24) is 10.2 Å². The fourth-order valence-corrected chi connectivity index (χ4v) is 5.70. The molecule has 1 atom stereocenters. The zero-order valence-electron chi connectivity index (χ0n) is 23.3. The fraction of sp³-hybridized carbons (Fsp3) is 0.355. The highest BCUT2D eigenvalue weighted by atomic mass is 32.2. The van der Waals surface area contributed by atoms with Gasteiger partial charge in [0.1, 0.15) is 6.04 Å². The highest BCUT2D eigenvalue weighted by Gasteiger charge is 2.30. The normalized spacial score (nSPS) is 12.0. The molecule has 0 spiro atoms. The van der Waals surface area contributed by atoms with Gasteiger partial charge in [0.15, 0.2) is 0 Å². The van der Waals surface area contributed by atoms with Crippen LogP contribution in [0.15, 0.2) is 78.9 Å². The van der Waals surface area contributed by atoms with Gasteiger partial charge in [0, 0.05) is 32.5 Å². The van der Waals surface area contributed by atoms with Gasteiger partial charge in [-0.15, -0.1) is 0 Å². The Kier molecular flexibility index (Phi) is 10.7.